The molecule has 3 amide bonds. The number of carbonyl (C=O) groups is 3. The SMILES string of the molecule is CCc1ccc(C(C(=O)Nc2ccc(OC)cc2)N(C(=O)C(NC(=O)OC(C)(C)C)C(C)C)C2CC2)cc1. The lowest BCUT2D eigenvalue weighted by atomic mass is 9.97. The number of amides is 3. The van der Waals surface area contributed by atoms with Gasteiger partial charge in [0.2, 0.25) is 5.91 Å². The summed E-state index contributed by atoms with van der Waals surface area (Å²) in [5.74, 6) is -0.163. The van der Waals surface area contributed by atoms with Gasteiger partial charge in [-0.05, 0) is 81.3 Å². The van der Waals surface area contributed by atoms with E-state index in [2.05, 4.69) is 17.6 Å². The molecule has 38 heavy (non-hydrogen) atoms. The van der Waals surface area contributed by atoms with Gasteiger partial charge in [0.05, 0.1) is 7.11 Å². The fraction of sp³-hybridized carbons (Fsp3) is 0.500. The van der Waals surface area contributed by atoms with Crippen LogP contribution >= 0.6 is 0 Å². The van der Waals surface area contributed by atoms with Crippen molar-refractivity contribution in [2.24, 2.45) is 5.92 Å². The van der Waals surface area contributed by atoms with Crippen LogP contribution in [-0.2, 0) is 20.7 Å². The number of nitrogens with zero attached hydrogens (tertiary/aromatic N) is 1. The van der Waals surface area contributed by atoms with E-state index in [1.807, 2.05) is 38.1 Å². The van der Waals surface area contributed by atoms with E-state index >= 15 is 0 Å². The molecule has 1 aliphatic rings. The third kappa shape index (κ3) is 7.73. The minimum absolute atomic E-state index is 0.0957. The summed E-state index contributed by atoms with van der Waals surface area (Å²) < 4.78 is 10.7. The van der Waals surface area contributed by atoms with E-state index in [0.717, 1.165) is 24.8 Å². The molecule has 3 rings (SSSR count). The van der Waals surface area contributed by atoms with Gasteiger partial charge in [-0.15, -0.1) is 0 Å². The average Bonchev–Trinajstić information content (AvgIpc) is 3.70. The number of alkyl carbamates (subject to hydrolysis) is 1. The van der Waals surface area contributed by atoms with Gasteiger partial charge in [0.1, 0.15) is 23.4 Å². The predicted octanol–water partition coefficient (Wildman–Crippen LogP) is 5.48. The van der Waals surface area contributed by atoms with Crippen LogP contribution in [0.15, 0.2) is 48.5 Å². The Balaban J connectivity index is 1.97. The fourth-order valence-electron chi connectivity index (χ4n) is 4.24. The standard InChI is InChI=1S/C30H41N3O5/c1-8-20-9-11-21(12-10-20)26(27(34)31-22-13-17-24(37-7)18-14-22)33(23-15-16-23)28(35)25(19(2)3)32-29(36)38-30(4,5)6/h9-14,17-19,23,25-26H,8,15-16H2,1-7H3,(H,31,34)(H,32,36). The van der Waals surface area contributed by atoms with Crippen molar-refractivity contribution in [1.29, 1.82) is 0 Å². The lowest BCUT2D eigenvalue weighted by molar-refractivity contribution is -0.142. The van der Waals surface area contributed by atoms with Crippen molar-refractivity contribution < 1.29 is 23.9 Å². The molecule has 0 heterocycles. The number of anilines is 1. The average molecular weight is 524 g/mol. The van der Waals surface area contributed by atoms with E-state index in [9.17, 15) is 14.4 Å². The van der Waals surface area contributed by atoms with Crippen LogP contribution in [0.4, 0.5) is 10.5 Å². The molecule has 8 heteroatoms. The Hall–Kier alpha value is -3.55. The van der Waals surface area contributed by atoms with Gasteiger partial charge in [-0.25, -0.2) is 4.79 Å². The maximum absolute atomic E-state index is 14.1. The first-order chi connectivity index (χ1) is 17.9. The number of methoxy groups -OCH3 is 1. The minimum Gasteiger partial charge on any atom is -0.497 e. The largest absolute Gasteiger partial charge is 0.497 e. The summed E-state index contributed by atoms with van der Waals surface area (Å²) in [6, 6.07) is 13.0. The monoisotopic (exact) mass is 523 g/mol. The number of benzene rings is 2. The molecule has 2 aromatic carbocycles. The zero-order valence-corrected chi connectivity index (χ0v) is 23.5. The normalized spacial score (nSPS) is 14.8. The third-order valence-corrected chi connectivity index (χ3v) is 6.39. The van der Waals surface area contributed by atoms with Gasteiger partial charge >= 0.3 is 6.09 Å². The highest BCUT2D eigenvalue weighted by Gasteiger charge is 2.44. The van der Waals surface area contributed by atoms with Crippen LogP contribution in [0.3, 0.4) is 0 Å². The molecule has 0 aromatic heterocycles. The summed E-state index contributed by atoms with van der Waals surface area (Å²) in [5, 5.41) is 5.74. The first-order valence-electron chi connectivity index (χ1n) is 13.3. The highest BCUT2D eigenvalue weighted by molar-refractivity contribution is 5.99. The molecule has 2 N–H and O–H groups in total. The van der Waals surface area contributed by atoms with Crippen LogP contribution in [0, 0.1) is 5.92 Å². The Morgan fingerprint density at radius 3 is 2.08 bits per heavy atom. The van der Waals surface area contributed by atoms with Crippen LogP contribution in [-0.4, -0.2) is 47.6 Å². The molecule has 2 atom stereocenters. The molecular formula is C30H41N3O5. The number of aryl methyl sites for hydroxylation is 1. The lowest BCUT2D eigenvalue weighted by Gasteiger charge is -2.35. The van der Waals surface area contributed by atoms with E-state index < -0.39 is 23.8 Å². The molecule has 1 saturated carbocycles. The first kappa shape index (κ1) is 29.0. The Morgan fingerprint density at radius 2 is 1.61 bits per heavy atom. The van der Waals surface area contributed by atoms with Gasteiger partial charge < -0.3 is 25.0 Å². The maximum atomic E-state index is 14.1. The summed E-state index contributed by atoms with van der Waals surface area (Å²) >= 11 is 0. The van der Waals surface area contributed by atoms with Crippen LogP contribution in [0.25, 0.3) is 0 Å². The van der Waals surface area contributed by atoms with E-state index in [4.69, 9.17) is 9.47 Å². The second-order valence-corrected chi connectivity index (χ2v) is 11.1. The van der Waals surface area contributed by atoms with Gasteiger partial charge in [0, 0.05) is 11.7 Å². The van der Waals surface area contributed by atoms with Crippen molar-refractivity contribution in [3.8, 4) is 5.75 Å². The van der Waals surface area contributed by atoms with Crippen LogP contribution < -0.4 is 15.4 Å². The molecule has 0 radical (unpaired) electrons. The Kier molecular flexibility index (Phi) is 9.41. The highest BCUT2D eigenvalue weighted by Crippen LogP contribution is 2.37. The molecule has 2 unspecified atom stereocenters. The van der Waals surface area contributed by atoms with Crippen molar-refractivity contribution in [2.45, 2.75) is 84.5 Å². The van der Waals surface area contributed by atoms with E-state index in [0.29, 0.717) is 17.0 Å². The fourth-order valence-corrected chi connectivity index (χ4v) is 4.24. The number of carbonyl (C=O) groups excluding carboxylic acids is 3. The van der Waals surface area contributed by atoms with Gasteiger partial charge in [-0.2, -0.15) is 0 Å². The van der Waals surface area contributed by atoms with Gasteiger partial charge in [-0.3, -0.25) is 9.59 Å². The van der Waals surface area contributed by atoms with Crippen molar-refractivity contribution in [3.05, 3.63) is 59.7 Å². The Morgan fingerprint density at radius 1 is 1.00 bits per heavy atom. The molecule has 0 bridgehead atoms. The highest BCUT2D eigenvalue weighted by atomic mass is 16.6. The maximum Gasteiger partial charge on any atom is 0.408 e. The van der Waals surface area contributed by atoms with E-state index in [-0.39, 0.29) is 23.8 Å². The zero-order valence-electron chi connectivity index (χ0n) is 23.5. The summed E-state index contributed by atoms with van der Waals surface area (Å²) in [4.78, 5) is 42.2. The summed E-state index contributed by atoms with van der Waals surface area (Å²) in [7, 11) is 1.58. The smallest absolute Gasteiger partial charge is 0.408 e. The molecule has 8 nitrogen and oxygen atoms in total. The first-order valence-corrected chi connectivity index (χ1v) is 13.3. The predicted molar refractivity (Wildman–Crippen MR) is 148 cm³/mol. The van der Waals surface area contributed by atoms with Crippen LogP contribution in [0.2, 0.25) is 0 Å². The molecule has 0 aliphatic heterocycles. The summed E-state index contributed by atoms with van der Waals surface area (Å²) in [6.45, 7) is 11.1. The van der Waals surface area contributed by atoms with E-state index in [1.165, 1.54) is 0 Å². The molecule has 0 spiro atoms. The second-order valence-electron chi connectivity index (χ2n) is 11.1. The molecule has 1 aliphatic carbocycles. The third-order valence-electron chi connectivity index (χ3n) is 6.39. The van der Waals surface area contributed by atoms with Crippen molar-refractivity contribution in [3.63, 3.8) is 0 Å². The Labute approximate surface area is 226 Å². The number of ether oxygens (including phenoxy) is 2. The lowest BCUT2D eigenvalue weighted by Crippen LogP contribution is -2.55. The quantitative estimate of drug-likeness (QED) is 0.430. The van der Waals surface area contributed by atoms with Crippen molar-refractivity contribution >= 4 is 23.6 Å². The summed E-state index contributed by atoms with van der Waals surface area (Å²) in [5.41, 5.74) is 1.75. The van der Waals surface area contributed by atoms with Gasteiger partial charge in [0.25, 0.3) is 5.91 Å². The number of rotatable bonds is 10. The minimum atomic E-state index is -0.871. The van der Waals surface area contributed by atoms with Crippen molar-refractivity contribution in [2.75, 3.05) is 12.4 Å². The van der Waals surface area contributed by atoms with Crippen LogP contribution in [0.1, 0.15) is 71.6 Å². The number of hydrogen-bond donors (Lipinski definition) is 2. The van der Waals surface area contributed by atoms with Crippen LogP contribution in [0.5, 0.6) is 5.75 Å². The van der Waals surface area contributed by atoms with Crippen molar-refractivity contribution in [1.82, 2.24) is 10.2 Å². The van der Waals surface area contributed by atoms with Gasteiger partial charge in [-0.1, -0.05) is 45.0 Å². The molecule has 206 valence electrons. The van der Waals surface area contributed by atoms with Gasteiger partial charge in [0.15, 0.2) is 0 Å². The van der Waals surface area contributed by atoms with E-state index in [1.54, 1.807) is 57.0 Å². The molecule has 2 aromatic rings. The molecule has 1 fully saturated rings. The molecular weight excluding hydrogens is 482 g/mol. The molecule has 0 saturated heterocycles. The Bertz CT molecular complexity index is 1100. The zero-order chi connectivity index (χ0) is 28.0. The number of nitrogens with one attached hydrogen (secondary N) is 2. The second kappa shape index (κ2) is 12.3. The summed E-state index contributed by atoms with van der Waals surface area (Å²) in [6.07, 6.45) is 1.79. The topological polar surface area (TPSA) is 97.0 Å². The number of hydrogen-bond acceptors (Lipinski definition) is 5.